The molecule has 16 heavy (non-hydrogen) atoms. The van der Waals surface area contributed by atoms with Crippen LogP contribution in [0.4, 0.5) is 0 Å². The Morgan fingerprint density at radius 1 is 1.19 bits per heavy atom. The second kappa shape index (κ2) is 3.70. The van der Waals surface area contributed by atoms with Crippen LogP contribution in [-0.2, 0) is 12.8 Å². The van der Waals surface area contributed by atoms with E-state index in [2.05, 4.69) is 38.1 Å². The summed E-state index contributed by atoms with van der Waals surface area (Å²) in [7, 11) is 0. The summed E-state index contributed by atoms with van der Waals surface area (Å²) in [5.41, 5.74) is 4.20. The first kappa shape index (κ1) is 10.0. The molecule has 0 saturated heterocycles. The number of benzene rings is 1. The highest BCUT2D eigenvalue weighted by Gasteiger charge is 2.20. The highest BCUT2D eigenvalue weighted by Crippen LogP contribution is 2.39. The summed E-state index contributed by atoms with van der Waals surface area (Å²) in [6, 6.07) is 8.74. The van der Waals surface area contributed by atoms with E-state index in [1.54, 1.807) is 0 Å². The van der Waals surface area contributed by atoms with Crippen molar-refractivity contribution in [2.24, 2.45) is 0 Å². The molecular weight excluding hydrogens is 214 g/mol. The Bertz CT molecular complexity index is 525. The summed E-state index contributed by atoms with van der Waals surface area (Å²) in [5, 5.41) is 1.28. The first-order chi connectivity index (χ1) is 7.75. The van der Waals surface area contributed by atoms with Crippen molar-refractivity contribution in [1.82, 2.24) is 4.98 Å². The molecule has 1 aliphatic carbocycles. The number of hydrogen-bond acceptors (Lipinski definition) is 2. The van der Waals surface area contributed by atoms with Crippen molar-refractivity contribution in [3.63, 3.8) is 0 Å². The molecule has 0 atom stereocenters. The maximum atomic E-state index is 4.77. The largest absolute Gasteiger partial charge is 0.245 e. The summed E-state index contributed by atoms with van der Waals surface area (Å²) in [6.07, 6.45) is 2.25. The Kier molecular flexibility index (Phi) is 2.32. The van der Waals surface area contributed by atoms with Gasteiger partial charge in [0.05, 0.1) is 15.6 Å². The lowest BCUT2D eigenvalue weighted by Crippen LogP contribution is -2.01. The summed E-state index contributed by atoms with van der Waals surface area (Å²) < 4.78 is 0. The van der Waals surface area contributed by atoms with Gasteiger partial charge >= 0.3 is 0 Å². The van der Waals surface area contributed by atoms with Crippen LogP contribution in [0.1, 0.15) is 36.0 Å². The molecule has 0 spiro atoms. The van der Waals surface area contributed by atoms with E-state index in [4.69, 9.17) is 4.98 Å². The van der Waals surface area contributed by atoms with E-state index in [0.717, 1.165) is 12.8 Å². The molecule has 0 aliphatic heterocycles. The first-order valence-electron chi connectivity index (χ1n) is 5.83. The van der Waals surface area contributed by atoms with Crippen LogP contribution >= 0.6 is 11.3 Å². The number of aromatic nitrogens is 1. The average molecular weight is 229 g/mol. The van der Waals surface area contributed by atoms with Gasteiger partial charge in [0.1, 0.15) is 0 Å². The minimum atomic E-state index is 0.544. The second-order valence-corrected chi connectivity index (χ2v) is 5.67. The zero-order chi connectivity index (χ0) is 11.1. The molecular formula is C14H15NS. The Balaban J connectivity index is 2.17. The molecule has 1 heterocycles. The molecule has 0 bridgehead atoms. The van der Waals surface area contributed by atoms with Crippen LogP contribution in [0.2, 0.25) is 0 Å². The van der Waals surface area contributed by atoms with Crippen LogP contribution in [0.5, 0.6) is 0 Å². The lowest BCUT2D eigenvalue weighted by molar-refractivity contribution is 0.826. The zero-order valence-electron chi connectivity index (χ0n) is 9.66. The van der Waals surface area contributed by atoms with Crippen LogP contribution in [0.25, 0.3) is 10.4 Å². The molecule has 0 radical (unpaired) electrons. The highest BCUT2D eigenvalue weighted by atomic mass is 32.1. The van der Waals surface area contributed by atoms with Gasteiger partial charge in [-0.05, 0) is 24.0 Å². The fourth-order valence-corrected chi connectivity index (χ4v) is 3.39. The molecule has 1 aromatic heterocycles. The van der Waals surface area contributed by atoms with Gasteiger partial charge in [0.15, 0.2) is 0 Å². The number of nitrogens with zero attached hydrogens (tertiary/aromatic N) is 1. The van der Waals surface area contributed by atoms with Gasteiger partial charge in [0.2, 0.25) is 0 Å². The average Bonchev–Trinajstić information content (AvgIpc) is 2.73. The monoisotopic (exact) mass is 229 g/mol. The third kappa shape index (κ3) is 1.49. The van der Waals surface area contributed by atoms with Crippen molar-refractivity contribution < 1.29 is 0 Å². The summed E-state index contributed by atoms with van der Waals surface area (Å²) in [4.78, 5) is 6.18. The number of fused-ring (bicyclic) bond motifs is 3. The highest BCUT2D eigenvalue weighted by molar-refractivity contribution is 7.15. The van der Waals surface area contributed by atoms with Crippen LogP contribution in [-0.4, -0.2) is 4.98 Å². The minimum absolute atomic E-state index is 0.544. The topological polar surface area (TPSA) is 12.9 Å². The van der Waals surface area contributed by atoms with Gasteiger partial charge in [-0.3, -0.25) is 0 Å². The number of aryl methyl sites for hydroxylation is 2. The van der Waals surface area contributed by atoms with E-state index in [1.807, 2.05) is 11.3 Å². The van der Waals surface area contributed by atoms with Crippen molar-refractivity contribution in [2.45, 2.75) is 32.6 Å². The predicted octanol–water partition coefficient (Wildman–Crippen LogP) is 4.03. The van der Waals surface area contributed by atoms with Gasteiger partial charge in [-0.1, -0.05) is 38.1 Å². The molecule has 0 N–H and O–H groups in total. The third-order valence-corrected chi connectivity index (χ3v) is 4.53. The van der Waals surface area contributed by atoms with Crippen molar-refractivity contribution >= 4 is 11.3 Å². The van der Waals surface area contributed by atoms with Crippen molar-refractivity contribution in [3.05, 3.63) is 40.5 Å². The Hall–Kier alpha value is -1.15. The molecule has 0 amide bonds. The summed E-state index contributed by atoms with van der Waals surface area (Å²) in [6.45, 7) is 4.44. The quantitative estimate of drug-likeness (QED) is 0.719. The van der Waals surface area contributed by atoms with Crippen molar-refractivity contribution in [3.8, 4) is 10.4 Å². The maximum absolute atomic E-state index is 4.77. The summed E-state index contributed by atoms with van der Waals surface area (Å²) >= 11 is 1.87. The maximum Gasteiger partial charge on any atom is 0.0960 e. The van der Waals surface area contributed by atoms with Gasteiger partial charge in [0.25, 0.3) is 0 Å². The molecule has 3 rings (SSSR count). The second-order valence-electron chi connectivity index (χ2n) is 4.64. The van der Waals surface area contributed by atoms with E-state index < -0.39 is 0 Å². The van der Waals surface area contributed by atoms with Crippen LogP contribution < -0.4 is 0 Å². The molecule has 2 aromatic rings. The Morgan fingerprint density at radius 3 is 2.81 bits per heavy atom. The number of rotatable bonds is 1. The number of thiazole rings is 1. The molecule has 2 heteroatoms. The molecule has 1 aromatic carbocycles. The zero-order valence-corrected chi connectivity index (χ0v) is 10.5. The van der Waals surface area contributed by atoms with Gasteiger partial charge < -0.3 is 0 Å². The van der Waals surface area contributed by atoms with Crippen molar-refractivity contribution in [2.75, 3.05) is 0 Å². The fraction of sp³-hybridized carbons (Fsp3) is 0.357. The van der Waals surface area contributed by atoms with E-state index in [1.165, 1.54) is 26.7 Å². The fourth-order valence-electron chi connectivity index (χ4n) is 2.21. The molecule has 1 aliphatic rings. The lowest BCUT2D eigenvalue weighted by atomic mass is 9.94. The molecule has 0 saturated carbocycles. The third-order valence-electron chi connectivity index (χ3n) is 3.10. The molecule has 1 nitrogen and oxygen atoms in total. The van der Waals surface area contributed by atoms with Crippen LogP contribution in [0.15, 0.2) is 24.3 Å². The smallest absolute Gasteiger partial charge is 0.0960 e. The Labute approximate surface area is 100 Å². The van der Waals surface area contributed by atoms with Gasteiger partial charge in [0, 0.05) is 5.92 Å². The van der Waals surface area contributed by atoms with E-state index in [0.29, 0.717) is 5.92 Å². The van der Waals surface area contributed by atoms with E-state index in [9.17, 15) is 0 Å². The molecule has 0 fully saturated rings. The van der Waals surface area contributed by atoms with E-state index >= 15 is 0 Å². The van der Waals surface area contributed by atoms with Crippen molar-refractivity contribution in [1.29, 1.82) is 0 Å². The summed E-state index contributed by atoms with van der Waals surface area (Å²) in [5.74, 6) is 0.544. The van der Waals surface area contributed by atoms with Gasteiger partial charge in [-0.25, -0.2) is 4.98 Å². The SMILES string of the molecule is CC(C)c1nc2c(s1)-c1ccccc1CC2. The molecule has 0 unspecified atom stereocenters. The lowest BCUT2D eigenvalue weighted by Gasteiger charge is -2.13. The first-order valence-corrected chi connectivity index (χ1v) is 6.65. The standard InChI is InChI=1S/C14H15NS/c1-9(2)14-15-12-8-7-10-5-3-4-6-11(10)13(12)16-14/h3-6,9H,7-8H2,1-2H3. The molecule has 82 valence electrons. The predicted molar refractivity (Wildman–Crippen MR) is 69.0 cm³/mol. The minimum Gasteiger partial charge on any atom is -0.245 e. The Morgan fingerprint density at radius 2 is 2.00 bits per heavy atom. The number of hydrogen-bond donors (Lipinski definition) is 0. The van der Waals surface area contributed by atoms with Gasteiger partial charge in [-0.15, -0.1) is 11.3 Å². The van der Waals surface area contributed by atoms with Crippen LogP contribution in [0, 0.1) is 0 Å². The normalized spacial score (nSPS) is 13.7. The van der Waals surface area contributed by atoms with E-state index in [-0.39, 0.29) is 0 Å². The van der Waals surface area contributed by atoms with Crippen LogP contribution in [0.3, 0.4) is 0 Å². The van der Waals surface area contributed by atoms with Gasteiger partial charge in [-0.2, -0.15) is 0 Å².